The molecule has 2 heterocycles. The van der Waals surface area contributed by atoms with Gasteiger partial charge in [0.1, 0.15) is 0 Å². The van der Waals surface area contributed by atoms with Crippen LogP contribution in [0.25, 0.3) is 11.5 Å². The van der Waals surface area contributed by atoms with Gasteiger partial charge >= 0.3 is 5.97 Å². The molecule has 5 heteroatoms. The maximum absolute atomic E-state index is 11.9. The Morgan fingerprint density at radius 1 is 1.53 bits per heavy atom. The predicted octanol–water partition coefficient (Wildman–Crippen LogP) is 4.02. The number of hydrogen-bond donors (Lipinski definition) is 0. The first kappa shape index (κ1) is 13.9. The Bertz CT molecular complexity index is 584. The van der Waals surface area contributed by atoms with Crippen molar-refractivity contribution < 1.29 is 13.9 Å². The first-order chi connectivity index (χ1) is 9.11. The molecule has 4 nitrogen and oxygen atoms in total. The van der Waals surface area contributed by atoms with Crippen LogP contribution in [0.2, 0.25) is 0 Å². The molecule has 0 saturated carbocycles. The molecule has 0 aliphatic carbocycles. The molecular formula is C14H16BrNO3. The lowest BCUT2D eigenvalue weighted by Crippen LogP contribution is -2.05. The summed E-state index contributed by atoms with van der Waals surface area (Å²) < 4.78 is 13.1. The monoisotopic (exact) mass is 325 g/mol. The van der Waals surface area contributed by atoms with Crippen molar-refractivity contribution in [2.75, 3.05) is 7.11 Å². The van der Waals surface area contributed by atoms with Gasteiger partial charge in [-0.05, 0) is 41.4 Å². The number of nitrogens with zero attached hydrogens (tertiary/aromatic N) is 1. The fourth-order valence-electron chi connectivity index (χ4n) is 2.20. The second-order valence-electron chi connectivity index (χ2n) is 4.24. The number of ether oxygens (including phenoxy) is 1. The van der Waals surface area contributed by atoms with Gasteiger partial charge in [-0.1, -0.05) is 6.92 Å². The first-order valence-corrected chi connectivity index (χ1v) is 6.91. The molecule has 0 amide bonds. The molecule has 0 atom stereocenters. The van der Waals surface area contributed by atoms with E-state index in [0.717, 1.165) is 34.6 Å². The third kappa shape index (κ3) is 2.34. The van der Waals surface area contributed by atoms with Crippen molar-refractivity contribution in [2.45, 2.75) is 26.8 Å². The van der Waals surface area contributed by atoms with E-state index in [1.165, 1.54) is 7.11 Å². The minimum Gasteiger partial charge on any atom is -0.465 e. The van der Waals surface area contributed by atoms with Crippen molar-refractivity contribution in [3.8, 4) is 11.5 Å². The summed E-state index contributed by atoms with van der Waals surface area (Å²) in [4.78, 5) is 11.9. The molecule has 0 saturated heterocycles. The fraction of sp³-hybridized carbons (Fsp3) is 0.357. The molecule has 2 aromatic rings. The van der Waals surface area contributed by atoms with E-state index in [1.54, 1.807) is 6.26 Å². The lowest BCUT2D eigenvalue weighted by atomic mass is 10.2. The van der Waals surface area contributed by atoms with Crippen molar-refractivity contribution in [3.63, 3.8) is 0 Å². The normalized spacial score (nSPS) is 10.7. The fourth-order valence-corrected chi connectivity index (χ4v) is 3.05. The van der Waals surface area contributed by atoms with Gasteiger partial charge in [0.25, 0.3) is 0 Å². The maximum Gasteiger partial charge on any atom is 0.340 e. The molecule has 2 aromatic heterocycles. The smallest absolute Gasteiger partial charge is 0.340 e. The summed E-state index contributed by atoms with van der Waals surface area (Å²) in [6.07, 6.45) is 2.59. The highest BCUT2D eigenvalue weighted by Crippen LogP contribution is 2.36. The van der Waals surface area contributed by atoms with Gasteiger partial charge in [-0.2, -0.15) is 0 Å². The third-order valence-corrected chi connectivity index (χ3v) is 3.83. The number of carbonyl (C=O) groups is 1. The van der Waals surface area contributed by atoms with Crippen molar-refractivity contribution in [2.24, 2.45) is 0 Å². The highest BCUT2D eigenvalue weighted by atomic mass is 79.9. The zero-order valence-electron chi connectivity index (χ0n) is 11.2. The molecule has 0 aromatic carbocycles. The van der Waals surface area contributed by atoms with Gasteiger partial charge in [0.2, 0.25) is 0 Å². The summed E-state index contributed by atoms with van der Waals surface area (Å²) in [6.45, 7) is 4.83. The number of halogens is 1. The van der Waals surface area contributed by atoms with E-state index in [-0.39, 0.29) is 5.97 Å². The highest BCUT2D eigenvalue weighted by Gasteiger charge is 2.25. The molecule has 0 bridgehead atoms. The number of aromatic nitrogens is 1. The van der Waals surface area contributed by atoms with Gasteiger partial charge in [0, 0.05) is 12.2 Å². The van der Waals surface area contributed by atoms with Gasteiger partial charge in [-0.15, -0.1) is 0 Å². The van der Waals surface area contributed by atoms with Crippen LogP contribution in [0.15, 0.2) is 27.3 Å². The maximum atomic E-state index is 11.9. The van der Waals surface area contributed by atoms with Crippen LogP contribution in [-0.2, 0) is 11.3 Å². The van der Waals surface area contributed by atoms with Crippen LogP contribution in [0.4, 0.5) is 0 Å². The molecule has 19 heavy (non-hydrogen) atoms. The zero-order chi connectivity index (χ0) is 14.0. The summed E-state index contributed by atoms with van der Waals surface area (Å²) >= 11 is 3.50. The van der Waals surface area contributed by atoms with E-state index in [2.05, 4.69) is 27.4 Å². The van der Waals surface area contributed by atoms with Gasteiger partial charge in [0.05, 0.1) is 29.1 Å². The van der Waals surface area contributed by atoms with E-state index >= 15 is 0 Å². The zero-order valence-corrected chi connectivity index (χ0v) is 12.8. The number of hydrogen-bond acceptors (Lipinski definition) is 3. The lowest BCUT2D eigenvalue weighted by Gasteiger charge is -2.08. The quantitative estimate of drug-likeness (QED) is 0.797. The second kappa shape index (κ2) is 5.65. The van der Waals surface area contributed by atoms with Crippen molar-refractivity contribution in [1.29, 1.82) is 0 Å². The average Bonchev–Trinajstić information content (AvgIpc) is 2.98. The van der Waals surface area contributed by atoms with Crippen molar-refractivity contribution in [3.05, 3.63) is 34.1 Å². The molecule has 0 aliphatic heterocycles. The Labute approximate surface area is 120 Å². The summed E-state index contributed by atoms with van der Waals surface area (Å²) in [5.74, 6) is 0.394. The van der Waals surface area contributed by atoms with Crippen LogP contribution in [0.3, 0.4) is 0 Å². The van der Waals surface area contributed by atoms with E-state index in [1.807, 2.05) is 19.1 Å². The first-order valence-electron chi connectivity index (χ1n) is 6.12. The Kier molecular flexibility index (Phi) is 4.14. The summed E-state index contributed by atoms with van der Waals surface area (Å²) in [5.41, 5.74) is 2.32. The van der Waals surface area contributed by atoms with Crippen LogP contribution < -0.4 is 0 Å². The second-order valence-corrected chi connectivity index (χ2v) is 5.04. The SMILES string of the molecule is CCCn1c(C)c(C(=O)OC)c(Br)c1-c1ccco1. The number of methoxy groups -OCH3 is 1. The molecule has 2 rings (SSSR count). The molecular weight excluding hydrogens is 310 g/mol. The Hall–Kier alpha value is -1.49. The average molecular weight is 326 g/mol. The van der Waals surface area contributed by atoms with Crippen LogP contribution in [0.5, 0.6) is 0 Å². The van der Waals surface area contributed by atoms with E-state index in [9.17, 15) is 4.79 Å². The van der Waals surface area contributed by atoms with E-state index < -0.39 is 0 Å². The molecule has 0 unspecified atom stereocenters. The molecule has 0 fully saturated rings. The van der Waals surface area contributed by atoms with Gasteiger partial charge < -0.3 is 13.7 Å². The largest absolute Gasteiger partial charge is 0.465 e. The van der Waals surface area contributed by atoms with Crippen LogP contribution in [0, 0.1) is 6.92 Å². The molecule has 0 aliphatic rings. The Morgan fingerprint density at radius 2 is 2.26 bits per heavy atom. The molecule has 0 N–H and O–H groups in total. The van der Waals surface area contributed by atoms with Crippen molar-refractivity contribution >= 4 is 21.9 Å². The molecule has 0 spiro atoms. The van der Waals surface area contributed by atoms with Gasteiger partial charge in [-0.25, -0.2) is 4.79 Å². The third-order valence-electron chi connectivity index (χ3n) is 3.06. The van der Waals surface area contributed by atoms with Crippen LogP contribution >= 0.6 is 15.9 Å². The minimum atomic E-state index is -0.341. The Balaban J connectivity index is 2.67. The van der Waals surface area contributed by atoms with Crippen molar-refractivity contribution in [1.82, 2.24) is 4.57 Å². The highest BCUT2D eigenvalue weighted by molar-refractivity contribution is 9.10. The summed E-state index contributed by atoms with van der Waals surface area (Å²) in [7, 11) is 1.39. The number of esters is 1. The number of carbonyl (C=O) groups excluding carboxylic acids is 1. The van der Waals surface area contributed by atoms with E-state index in [0.29, 0.717) is 5.56 Å². The summed E-state index contributed by atoms with van der Waals surface area (Å²) in [6, 6.07) is 3.71. The predicted molar refractivity (Wildman–Crippen MR) is 76.2 cm³/mol. The number of furan rings is 1. The topological polar surface area (TPSA) is 44.4 Å². The minimum absolute atomic E-state index is 0.341. The van der Waals surface area contributed by atoms with Crippen LogP contribution in [-0.4, -0.2) is 17.6 Å². The molecule has 102 valence electrons. The Morgan fingerprint density at radius 3 is 2.79 bits per heavy atom. The lowest BCUT2D eigenvalue weighted by molar-refractivity contribution is 0.0599. The van der Waals surface area contributed by atoms with Gasteiger partial charge in [-0.3, -0.25) is 0 Å². The number of rotatable bonds is 4. The summed E-state index contributed by atoms with van der Waals surface area (Å²) in [5, 5.41) is 0. The van der Waals surface area contributed by atoms with E-state index in [4.69, 9.17) is 9.15 Å². The standard InChI is InChI=1S/C14H16BrNO3/c1-4-7-16-9(2)11(14(17)18-3)12(15)13(16)10-6-5-8-19-10/h5-6,8H,4,7H2,1-3H3. The molecule has 0 radical (unpaired) electrons. The van der Waals surface area contributed by atoms with Crippen LogP contribution in [0.1, 0.15) is 29.4 Å². The van der Waals surface area contributed by atoms with Gasteiger partial charge in [0.15, 0.2) is 5.76 Å².